The van der Waals surface area contributed by atoms with Crippen LogP contribution in [0.3, 0.4) is 0 Å². The standard InChI is InChI=1S/C23H17F3N4O2/c1-14-13-29(17-9-7-16(8-10-17)23(24,25)26)22(31)21-18(12-27-30(14)21)20-11-19(28-32-20)15-5-3-2-4-6-15/h2-12,14H,13H2,1H3/t14-/m0/s1. The quantitative estimate of drug-likeness (QED) is 0.427. The molecule has 0 fully saturated rings. The van der Waals surface area contributed by atoms with Crippen LogP contribution in [0.15, 0.2) is 71.4 Å². The van der Waals surface area contributed by atoms with Gasteiger partial charge in [-0.3, -0.25) is 9.48 Å². The largest absolute Gasteiger partial charge is 0.416 e. The van der Waals surface area contributed by atoms with Gasteiger partial charge in [0.05, 0.1) is 23.4 Å². The number of hydrogen-bond donors (Lipinski definition) is 0. The van der Waals surface area contributed by atoms with E-state index in [9.17, 15) is 18.0 Å². The van der Waals surface area contributed by atoms with Gasteiger partial charge in [0.25, 0.3) is 5.91 Å². The van der Waals surface area contributed by atoms with Gasteiger partial charge in [-0.15, -0.1) is 0 Å². The van der Waals surface area contributed by atoms with Crippen molar-refractivity contribution in [2.24, 2.45) is 0 Å². The van der Waals surface area contributed by atoms with Crippen LogP contribution in [-0.4, -0.2) is 27.4 Å². The van der Waals surface area contributed by atoms with Crippen LogP contribution in [0.25, 0.3) is 22.6 Å². The van der Waals surface area contributed by atoms with Crippen molar-refractivity contribution in [1.82, 2.24) is 14.9 Å². The maximum Gasteiger partial charge on any atom is 0.416 e. The molecule has 5 rings (SSSR count). The molecule has 0 spiro atoms. The van der Waals surface area contributed by atoms with Crippen LogP contribution in [0.2, 0.25) is 0 Å². The fraction of sp³-hybridized carbons (Fsp3) is 0.174. The highest BCUT2D eigenvalue weighted by Crippen LogP contribution is 2.35. The summed E-state index contributed by atoms with van der Waals surface area (Å²) in [6, 6.07) is 15.6. The fourth-order valence-electron chi connectivity index (χ4n) is 3.84. The van der Waals surface area contributed by atoms with Gasteiger partial charge < -0.3 is 9.42 Å². The molecule has 0 bridgehead atoms. The van der Waals surface area contributed by atoms with Crippen molar-refractivity contribution in [2.45, 2.75) is 19.1 Å². The molecule has 9 heteroatoms. The molecule has 0 saturated carbocycles. The lowest BCUT2D eigenvalue weighted by molar-refractivity contribution is -0.137. The van der Waals surface area contributed by atoms with Gasteiger partial charge in [0.1, 0.15) is 11.4 Å². The Morgan fingerprint density at radius 1 is 1.06 bits per heavy atom. The third-order valence-corrected chi connectivity index (χ3v) is 5.46. The number of hydrogen-bond acceptors (Lipinski definition) is 4. The van der Waals surface area contributed by atoms with Gasteiger partial charge in [-0.2, -0.15) is 18.3 Å². The molecule has 3 heterocycles. The average Bonchev–Trinajstić information content (AvgIpc) is 3.44. The van der Waals surface area contributed by atoms with E-state index >= 15 is 0 Å². The minimum absolute atomic E-state index is 0.185. The normalized spacial score (nSPS) is 16.3. The zero-order valence-corrected chi connectivity index (χ0v) is 16.9. The number of halogens is 3. The smallest absolute Gasteiger partial charge is 0.356 e. The van der Waals surface area contributed by atoms with E-state index in [-0.39, 0.29) is 18.5 Å². The molecule has 1 aliphatic rings. The molecule has 1 amide bonds. The maximum absolute atomic E-state index is 13.4. The summed E-state index contributed by atoms with van der Waals surface area (Å²) in [7, 11) is 0. The molecule has 4 aromatic rings. The zero-order chi connectivity index (χ0) is 22.5. The third kappa shape index (κ3) is 3.35. The Morgan fingerprint density at radius 2 is 1.78 bits per heavy atom. The van der Waals surface area contributed by atoms with E-state index in [0.717, 1.165) is 17.7 Å². The molecule has 1 aliphatic heterocycles. The number of amides is 1. The van der Waals surface area contributed by atoms with E-state index in [1.54, 1.807) is 16.9 Å². The Labute approximate surface area is 180 Å². The topological polar surface area (TPSA) is 64.2 Å². The number of carbonyl (C=O) groups is 1. The number of carbonyl (C=O) groups excluding carboxylic acids is 1. The summed E-state index contributed by atoms with van der Waals surface area (Å²) in [6.07, 6.45) is -2.89. The minimum Gasteiger partial charge on any atom is -0.356 e. The predicted octanol–water partition coefficient (Wildman–Crippen LogP) is 5.45. The van der Waals surface area contributed by atoms with E-state index in [0.29, 0.717) is 28.4 Å². The van der Waals surface area contributed by atoms with Crippen molar-refractivity contribution < 1.29 is 22.5 Å². The van der Waals surface area contributed by atoms with Crippen LogP contribution < -0.4 is 4.90 Å². The third-order valence-electron chi connectivity index (χ3n) is 5.46. The highest BCUT2D eigenvalue weighted by Gasteiger charge is 2.35. The number of alkyl halides is 3. The molecular weight excluding hydrogens is 421 g/mol. The molecule has 0 radical (unpaired) electrons. The first kappa shape index (κ1) is 20.0. The lowest BCUT2D eigenvalue weighted by atomic mass is 10.1. The number of anilines is 1. The SMILES string of the molecule is C[C@H]1CN(c2ccc(C(F)(F)F)cc2)C(=O)c2c(-c3cc(-c4ccccc4)no3)cnn21. The molecule has 0 aliphatic carbocycles. The van der Waals surface area contributed by atoms with Crippen LogP contribution in [0, 0.1) is 0 Å². The molecule has 32 heavy (non-hydrogen) atoms. The summed E-state index contributed by atoms with van der Waals surface area (Å²) in [5.74, 6) is 0.0212. The fourth-order valence-corrected chi connectivity index (χ4v) is 3.84. The van der Waals surface area contributed by atoms with Crippen molar-refractivity contribution in [3.8, 4) is 22.6 Å². The molecule has 1 atom stereocenters. The second kappa shape index (κ2) is 7.37. The van der Waals surface area contributed by atoms with Gasteiger partial charge in [0.15, 0.2) is 5.76 Å². The van der Waals surface area contributed by atoms with E-state index in [4.69, 9.17) is 4.52 Å². The Kier molecular flexibility index (Phi) is 4.61. The lowest BCUT2D eigenvalue weighted by Gasteiger charge is -2.32. The van der Waals surface area contributed by atoms with Gasteiger partial charge in [-0.25, -0.2) is 0 Å². The number of nitrogens with zero attached hydrogens (tertiary/aromatic N) is 4. The van der Waals surface area contributed by atoms with Gasteiger partial charge in [0.2, 0.25) is 0 Å². The summed E-state index contributed by atoms with van der Waals surface area (Å²) < 4.78 is 45.9. The number of benzene rings is 2. The Bertz CT molecular complexity index is 1280. The Hall–Kier alpha value is -3.88. The van der Waals surface area contributed by atoms with Crippen LogP contribution >= 0.6 is 0 Å². The Balaban J connectivity index is 1.51. The van der Waals surface area contributed by atoms with E-state index < -0.39 is 11.7 Å². The molecule has 2 aromatic heterocycles. The molecule has 0 N–H and O–H groups in total. The first-order valence-electron chi connectivity index (χ1n) is 9.92. The lowest BCUT2D eigenvalue weighted by Crippen LogP contribution is -2.42. The molecule has 0 saturated heterocycles. The molecule has 6 nitrogen and oxygen atoms in total. The summed E-state index contributed by atoms with van der Waals surface area (Å²) in [5, 5.41) is 8.46. The molecule has 162 valence electrons. The second-order valence-corrected chi connectivity index (χ2v) is 7.60. The Morgan fingerprint density at radius 3 is 2.47 bits per heavy atom. The van der Waals surface area contributed by atoms with Crippen molar-refractivity contribution in [3.05, 3.63) is 78.1 Å². The van der Waals surface area contributed by atoms with Crippen LogP contribution in [0.5, 0.6) is 0 Å². The average molecular weight is 438 g/mol. The monoisotopic (exact) mass is 438 g/mol. The highest BCUT2D eigenvalue weighted by molar-refractivity contribution is 6.09. The summed E-state index contributed by atoms with van der Waals surface area (Å²) >= 11 is 0. The predicted molar refractivity (Wildman–Crippen MR) is 111 cm³/mol. The minimum atomic E-state index is -4.44. The summed E-state index contributed by atoms with van der Waals surface area (Å²) in [5.41, 5.74) is 1.90. The van der Waals surface area contributed by atoms with Gasteiger partial charge in [-0.05, 0) is 31.2 Å². The highest BCUT2D eigenvalue weighted by atomic mass is 19.4. The van der Waals surface area contributed by atoms with Crippen molar-refractivity contribution >= 4 is 11.6 Å². The zero-order valence-electron chi connectivity index (χ0n) is 16.9. The molecule has 2 aromatic carbocycles. The van der Waals surface area contributed by atoms with Crippen molar-refractivity contribution in [2.75, 3.05) is 11.4 Å². The first-order valence-corrected chi connectivity index (χ1v) is 9.92. The number of aromatic nitrogens is 3. The van der Waals surface area contributed by atoms with E-state index in [1.807, 2.05) is 37.3 Å². The number of rotatable bonds is 3. The van der Waals surface area contributed by atoms with Crippen molar-refractivity contribution in [3.63, 3.8) is 0 Å². The molecular formula is C23H17F3N4O2. The van der Waals surface area contributed by atoms with E-state index in [1.165, 1.54) is 17.0 Å². The van der Waals surface area contributed by atoms with Gasteiger partial charge in [-0.1, -0.05) is 35.5 Å². The first-order chi connectivity index (χ1) is 15.3. The van der Waals surface area contributed by atoms with Crippen LogP contribution in [0.1, 0.15) is 29.0 Å². The van der Waals surface area contributed by atoms with Gasteiger partial charge in [0, 0.05) is 23.9 Å². The number of fused-ring (bicyclic) bond motifs is 1. The van der Waals surface area contributed by atoms with Crippen molar-refractivity contribution in [1.29, 1.82) is 0 Å². The van der Waals surface area contributed by atoms with Crippen LogP contribution in [0.4, 0.5) is 18.9 Å². The second-order valence-electron chi connectivity index (χ2n) is 7.60. The van der Waals surface area contributed by atoms with Crippen LogP contribution in [-0.2, 0) is 6.18 Å². The summed E-state index contributed by atoms with van der Waals surface area (Å²) in [6.45, 7) is 2.17. The maximum atomic E-state index is 13.4. The van der Waals surface area contributed by atoms with Gasteiger partial charge >= 0.3 is 6.18 Å². The molecule has 0 unspecified atom stereocenters. The van der Waals surface area contributed by atoms with E-state index in [2.05, 4.69) is 10.3 Å². The summed E-state index contributed by atoms with van der Waals surface area (Å²) in [4.78, 5) is 14.8.